The Morgan fingerprint density at radius 3 is 2.28 bits per heavy atom. The van der Waals surface area contributed by atoms with Crippen molar-refractivity contribution < 1.29 is 27.7 Å². The smallest absolute Gasteiger partial charge is 0.298 e. The van der Waals surface area contributed by atoms with Crippen molar-refractivity contribution in [2.75, 3.05) is 0 Å². The first-order valence-electron chi connectivity index (χ1n) is 4.54. The van der Waals surface area contributed by atoms with Crippen molar-refractivity contribution in [3.05, 3.63) is 38.9 Å². The number of aldehydes is 1. The number of nitro benzene ring substituents is 1. The normalized spacial score (nSPS) is 11.1. The molecule has 1 rings (SSSR count). The van der Waals surface area contributed by atoms with Crippen LogP contribution < -0.4 is 0 Å². The second-order valence-electron chi connectivity index (χ2n) is 3.35. The molecule has 0 aliphatic carbocycles. The van der Waals surface area contributed by atoms with Crippen LogP contribution in [0.3, 0.4) is 0 Å². The van der Waals surface area contributed by atoms with Crippen molar-refractivity contribution in [1.29, 1.82) is 0 Å². The third-order valence-corrected chi connectivity index (χ3v) is 2.18. The molecule has 0 heterocycles. The van der Waals surface area contributed by atoms with Gasteiger partial charge in [-0.3, -0.25) is 19.7 Å². The van der Waals surface area contributed by atoms with E-state index < -0.39 is 39.3 Å². The second-order valence-corrected chi connectivity index (χ2v) is 3.35. The number of benzene rings is 1. The molecule has 8 heteroatoms. The van der Waals surface area contributed by atoms with E-state index >= 15 is 0 Å². The van der Waals surface area contributed by atoms with Crippen molar-refractivity contribution in [3.63, 3.8) is 0 Å². The lowest BCUT2D eigenvalue weighted by atomic mass is 9.98. The van der Waals surface area contributed by atoms with E-state index in [-0.39, 0.29) is 6.29 Å². The predicted octanol–water partition coefficient (Wildman–Crippen LogP) is 2.63. The van der Waals surface area contributed by atoms with Crippen molar-refractivity contribution in [1.82, 2.24) is 0 Å². The summed E-state index contributed by atoms with van der Waals surface area (Å²) in [6, 6.07) is 1.15. The molecule has 5 nitrogen and oxygen atoms in total. The first-order chi connectivity index (χ1) is 8.20. The third kappa shape index (κ3) is 2.36. The molecular formula is C10H6F3NO4. The summed E-state index contributed by atoms with van der Waals surface area (Å²) >= 11 is 0. The van der Waals surface area contributed by atoms with Crippen LogP contribution in [-0.4, -0.2) is 17.0 Å². The molecule has 0 N–H and O–H groups in total. The summed E-state index contributed by atoms with van der Waals surface area (Å²) in [6.07, 6.45) is -4.88. The number of hydrogen-bond acceptors (Lipinski definition) is 4. The van der Waals surface area contributed by atoms with E-state index in [4.69, 9.17) is 0 Å². The number of halogens is 3. The minimum absolute atomic E-state index is 0.0325. The number of nitrogens with zero attached hydrogens (tertiary/aromatic N) is 1. The fourth-order valence-electron chi connectivity index (χ4n) is 1.49. The SMILES string of the molecule is CC(=O)c1c(C(F)(F)F)ccc(C=O)c1[N+](=O)[O-]. The maximum absolute atomic E-state index is 12.6. The summed E-state index contributed by atoms with van der Waals surface area (Å²) in [6.45, 7) is 0.770. The molecule has 0 fully saturated rings. The molecule has 0 radical (unpaired) electrons. The fourth-order valence-corrected chi connectivity index (χ4v) is 1.49. The van der Waals surface area contributed by atoms with Gasteiger partial charge >= 0.3 is 6.18 Å². The van der Waals surface area contributed by atoms with Gasteiger partial charge in [0.05, 0.1) is 16.1 Å². The van der Waals surface area contributed by atoms with Gasteiger partial charge in [-0.25, -0.2) is 0 Å². The lowest BCUT2D eigenvalue weighted by molar-refractivity contribution is -0.385. The molecule has 1 aromatic carbocycles. The molecule has 0 spiro atoms. The minimum atomic E-state index is -4.91. The highest BCUT2D eigenvalue weighted by Gasteiger charge is 2.39. The van der Waals surface area contributed by atoms with Crippen LogP contribution in [0.4, 0.5) is 18.9 Å². The zero-order valence-corrected chi connectivity index (χ0v) is 8.95. The molecule has 0 saturated carbocycles. The highest BCUT2D eigenvalue weighted by atomic mass is 19.4. The first-order valence-corrected chi connectivity index (χ1v) is 4.54. The molecule has 0 aliphatic rings. The number of hydrogen-bond donors (Lipinski definition) is 0. The van der Waals surface area contributed by atoms with E-state index in [9.17, 15) is 32.9 Å². The van der Waals surface area contributed by atoms with Crippen molar-refractivity contribution in [2.45, 2.75) is 13.1 Å². The van der Waals surface area contributed by atoms with Crippen LogP contribution in [0.5, 0.6) is 0 Å². The average Bonchev–Trinajstić information content (AvgIpc) is 2.25. The lowest BCUT2D eigenvalue weighted by Gasteiger charge is -2.11. The molecule has 0 aliphatic heterocycles. The van der Waals surface area contributed by atoms with Gasteiger partial charge < -0.3 is 0 Å². The Morgan fingerprint density at radius 1 is 1.39 bits per heavy atom. The molecular weight excluding hydrogens is 255 g/mol. The molecule has 18 heavy (non-hydrogen) atoms. The largest absolute Gasteiger partial charge is 0.417 e. The Hall–Kier alpha value is -2.25. The number of Topliss-reactive ketones (excluding diaryl/α,β-unsaturated/α-hetero) is 1. The standard InChI is InChI=1S/C10H6F3NO4/c1-5(16)8-7(10(11,12)13)3-2-6(4-15)9(8)14(17)18/h2-4H,1H3. The molecule has 96 valence electrons. The monoisotopic (exact) mass is 261 g/mol. The van der Waals surface area contributed by atoms with Crippen LogP contribution >= 0.6 is 0 Å². The summed E-state index contributed by atoms with van der Waals surface area (Å²) in [7, 11) is 0. The van der Waals surface area contributed by atoms with Gasteiger partial charge in [-0.05, 0) is 19.1 Å². The second kappa shape index (κ2) is 4.55. The van der Waals surface area contributed by atoms with Crippen molar-refractivity contribution in [2.24, 2.45) is 0 Å². The number of ketones is 1. The Morgan fingerprint density at radius 2 is 1.94 bits per heavy atom. The van der Waals surface area contributed by atoms with Gasteiger partial charge in [0, 0.05) is 0 Å². The molecule has 0 amide bonds. The topological polar surface area (TPSA) is 77.3 Å². The fraction of sp³-hybridized carbons (Fsp3) is 0.200. The number of alkyl halides is 3. The first kappa shape index (κ1) is 13.8. The van der Waals surface area contributed by atoms with Gasteiger partial charge in [-0.2, -0.15) is 13.2 Å². The molecule has 0 saturated heterocycles. The van der Waals surface area contributed by atoms with E-state index in [1.54, 1.807) is 0 Å². The van der Waals surface area contributed by atoms with Crippen LogP contribution in [0.2, 0.25) is 0 Å². The van der Waals surface area contributed by atoms with Crippen molar-refractivity contribution >= 4 is 17.8 Å². The number of carbonyl (C=O) groups is 2. The summed E-state index contributed by atoms with van der Waals surface area (Å²) in [5, 5.41) is 10.7. The third-order valence-electron chi connectivity index (χ3n) is 2.18. The Kier molecular flexibility index (Phi) is 3.49. The Labute approximate surface area is 98.4 Å². The van der Waals surface area contributed by atoms with Gasteiger partial charge in [0.25, 0.3) is 5.69 Å². The minimum Gasteiger partial charge on any atom is -0.298 e. The van der Waals surface area contributed by atoms with E-state index in [0.29, 0.717) is 12.1 Å². The van der Waals surface area contributed by atoms with E-state index in [1.165, 1.54) is 0 Å². The van der Waals surface area contributed by atoms with Crippen molar-refractivity contribution in [3.8, 4) is 0 Å². The zero-order chi connectivity index (χ0) is 14.1. The molecule has 0 aromatic heterocycles. The molecule has 0 atom stereocenters. The van der Waals surface area contributed by atoms with Gasteiger partial charge in [0.15, 0.2) is 12.1 Å². The zero-order valence-electron chi connectivity index (χ0n) is 8.95. The summed E-state index contributed by atoms with van der Waals surface area (Å²) in [5.74, 6) is -1.13. The lowest BCUT2D eigenvalue weighted by Crippen LogP contribution is -2.15. The van der Waals surface area contributed by atoms with Crippen LogP contribution in [0.1, 0.15) is 33.2 Å². The van der Waals surface area contributed by atoms with Crippen LogP contribution in [0.15, 0.2) is 12.1 Å². The van der Waals surface area contributed by atoms with E-state index in [0.717, 1.165) is 6.92 Å². The maximum atomic E-state index is 12.6. The molecule has 0 unspecified atom stereocenters. The maximum Gasteiger partial charge on any atom is 0.417 e. The highest BCUT2D eigenvalue weighted by molar-refractivity contribution is 6.03. The Bertz CT molecular complexity index is 537. The molecule has 0 bridgehead atoms. The quantitative estimate of drug-likeness (QED) is 0.362. The van der Waals surface area contributed by atoms with Gasteiger partial charge in [-0.1, -0.05) is 0 Å². The van der Waals surface area contributed by atoms with Gasteiger partial charge in [0.1, 0.15) is 5.56 Å². The van der Waals surface area contributed by atoms with Crippen LogP contribution in [-0.2, 0) is 6.18 Å². The summed E-state index contributed by atoms with van der Waals surface area (Å²) in [4.78, 5) is 31.3. The Balaban J connectivity index is 3.79. The summed E-state index contributed by atoms with van der Waals surface area (Å²) < 4.78 is 37.9. The highest BCUT2D eigenvalue weighted by Crippen LogP contribution is 2.37. The number of nitro groups is 1. The number of carbonyl (C=O) groups excluding carboxylic acids is 2. The molecule has 1 aromatic rings. The van der Waals surface area contributed by atoms with Gasteiger partial charge in [-0.15, -0.1) is 0 Å². The van der Waals surface area contributed by atoms with E-state index in [1.807, 2.05) is 0 Å². The number of rotatable bonds is 3. The predicted molar refractivity (Wildman–Crippen MR) is 53.5 cm³/mol. The van der Waals surface area contributed by atoms with Crippen LogP contribution in [0.25, 0.3) is 0 Å². The van der Waals surface area contributed by atoms with E-state index in [2.05, 4.69) is 0 Å². The average molecular weight is 261 g/mol. The summed E-state index contributed by atoms with van der Waals surface area (Å²) in [5.41, 5.74) is -4.21. The van der Waals surface area contributed by atoms with Gasteiger partial charge in [0.2, 0.25) is 0 Å². The van der Waals surface area contributed by atoms with Crippen LogP contribution in [0, 0.1) is 10.1 Å².